The van der Waals surface area contributed by atoms with Gasteiger partial charge < -0.3 is 4.90 Å². The number of benzene rings is 1. The number of nitrogens with zero attached hydrogens (tertiary/aromatic N) is 4. The van der Waals surface area contributed by atoms with Crippen LogP contribution in [0.4, 0.5) is 5.82 Å². The molecule has 1 fully saturated rings. The lowest BCUT2D eigenvalue weighted by Crippen LogP contribution is -2.34. The average Bonchev–Trinajstić information content (AvgIpc) is 3.45. The van der Waals surface area contributed by atoms with Gasteiger partial charge in [0.1, 0.15) is 11.9 Å². The summed E-state index contributed by atoms with van der Waals surface area (Å²) < 4.78 is 2.20. The van der Waals surface area contributed by atoms with Crippen molar-refractivity contribution in [1.29, 1.82) is 5.26 Å². The molecule has 0 unspecified atom stereocenters. The van der Waals surface area contributed by atoms with E-state index in [-0.39, 0.29) is 0 Å². The number of pyridine rings is 1. The van der Waals surface area contributed by atoms with Gasteiger partial charge in [-0.1, -0.05) is 31.0 Å². The van der Waals surface area contributed by atoms with E-state index in [0.29, 0.717) is 11.6 Å². The van der Waals surface area contributed by atoms with Crippen LogP contribution in [-0.4, -0.2) is 15.4 Å². The highest BCUT2D eigenvalue weighted by Gasteiger charge is 2.27. The van der Waals surface area contributed by atoms with Crippen LogP contribution in [0.3, 0.4) is 0 Å². The Kier molecular flexibility index (Phi) is 4.29. The Morgan fingerprint density at radius 3 is 2.79 bits per heavy atom. The van der Waals surface area contributed by atoms with E-state index in [9.17, 15) is 5.26 Å². The molecule has 4 nitrogen and oxygen atoms in total. The van der Waals surface area contributed by atoms with E-state index in [1.165, 1.54) is 30.6 Å². The van der Waals surface area contributed by atoms with Crippen LogP contribution in [0.5, 0.6) is 0 Å². The molecule has 4 aromatic rings. The van der Waals surface area contributed by atoms with Gasteiger partial charge >= 0.3 is 0 Å². The minimum atomic E-state index is 0.527. The Labute approximate surface area is 168 Å². The summed E-state index contributed by atoms with van der Waals surface area (Å²) in [4.78, 5) is 8.75. The zero-order chi connectivity index (χ0) is 19.1. The lowest BCUT2D eigenvalue weighted by atomic mass is 10.1. The molecule has 140 valence electrons. The first kappa shape index (κ1) is 17.3. The predicted molar refractivity (Wildman–Crippen MR) is 115 cm³/mol. The van der Waals surface area contributed by atoms with Crippen molar-refractivity contribution in [1.82, 2.24) is 9.38 Å². The minimum absolute atomic E-state index is 0.527. The van der Waals surface area contributed by atoms with Crippen molar-refractivity contribution in [2.45, 2.75) is 45.2 Å². The second-order valence-corrected chi connectivity index (χ2v) is 8.61. The van der Waals surface area contributed by atoms with Crippen LogP contribution in [-0.2, 0) is 6.54 Å². The van der Waals surface area contributed by atoms with Gasteiger partial charge in [0.15, 0.2) is 5.65 Å². The summed E-state index contributed by atoms with van der Waals surface area (Å²) in [7, 11) is 0. The van der Waals surface area contributed by atoms with Gasteiger partial charge in [-0.2, -0.15) is 5.26 Å². The van der Waals surface area contributed by atoms with Gasteiger partial charge in [-0.15, -0.1) is 11.3 Å². The fourth-order valence-corrected chi connectivity index (χ4v) is 5.17. The van der Waals surface area contributed by atoms with Crippen molar-refractivity contribution in [3.05, 3.63) is 63.8 Å². The molecule has 0 spiro atoms. The third-order valence-electron chi connectivity index (χ3n) is 5.83. The molecule has 0 bridgehead atoms. The largest absolute Gasteiger partial charge is 0.350 e. The smallest absolute Gasteiger partial charge is 0.157 e. The first-order valence-electron chi connectivity index (χ1n) is 9.86. The molecule has 0 radical (unpaired) electrons. The van der Waals surface area contributed by atoms with E-state index >= 15 is 0 Å². The fourth-order valence-electron chi connectivity index (χ4n) is 4.47. The molecule has 0 saturated heterocycles. The van der Waals surface area contributed by atoms with Crippen LogP contribution < -0.4 is 4.90 Å². The zero-order valence-corrected chi connectivity index (χ0v) is 16.7. The number of para-hydroxylation sites is 2. The van der Waals surface area contributed by atoms with Crippen molar-refractivity contribution >= 4 is 33.8 Å². The van der Waals surface area contributed by atoms with E-state index < -0.39 is 0 Å². The zero-order valence-electron chi connectivity index (χ0n) is 15.9. The summed E-state index contributed by atoms with van der Waals surface area (Å²) in [5, 5.41) is 11.9. The quantitative estimate of drug-likeness (QED) is 0.453. The van der Waals surface area contributed by atoms with Gasteiger partial charge in [0.05, 0.1) is 23.1 Å². The fraction of sp³-hybridized carbons (Fsp3) is 0.304. The second-order valence-electron chi connectivity index (χ2n) is 7.58. The maximum absolute atomic E-state index is 9.77. The molecule has 0 N–H and O–H groups in total. The number of nitriles is 1. The summed E-state index contributed by atoms with van der Waals surface area (Å²) in [5.74, 6) is 1.15. The third kappa shape index (κ3) is 2.76. The predicted octanol–water partition coefficient (Wildman–Crippen LogP) is 5.68. The maximum atomic E-state index is 9.77. The van der Waals surface area contributed by atoms with E-state index in [1.807, 2.05) is 36.5 Å². The Morgan fingerprint density at radius 1 is 1.21 bits per heavy atom. The Bertz CT molecular complexity index is 1180. The van der Waals surface area contributed by atoms with E-state index in [0.717, 1.165) is 34.6 Å². The van der Waals surface area contributed by atoms with Crippen molar-refractivity contribution in [3.63, 3.8) is 0 Å². The van der Waals surface area contributed by atoms with Crippen molar-refractivity contribution in [2.75, 3.05) is 4.90 Å². The SMILES string of the molecule is Cc1cc(N(Cc2cccs2)C2CCCC2)n2c(nc3ccccc32)c1C#N. The summed E-state index contributed by atoms with van der Waals surface area (Å²) >= 11 is 1.81. The number of hydrogen-bond acceptors (Lipinski definition) is 4. The lowest BCUT2D eigenvalue weighted by Gasteiger charge is -2.32. The average molecular weight is 387 g/mol. The van der Waals surface area contributed by atoms with Gasteiger partial charge in [-0.25, -0.2) is 4.98 Å². The second kappa shape index (κ2) is 6.96. The normalized spacial score (nSPS) is 14.7. The first-order chi connectivity index (χ1) is 13.8. The monoisotopic (exact) mass is 386 g/mol. The molecule has 3 heterocycles. The summed E-state index contributed by atoms with van der Waals surface area (Å²) in [5.41, 5.74) is 4.44. The van der Waals surface area contributed by atoms with E-state index in [2.05, 4.69) is 45.0 Å². The number of thiophene rings is 1. The highest BCUT2D eigenvalue weighted by atomic mass is 32.1. The molecule has 0 amide bonds. The maximum Gasteiger partial charge on any atom is 0.157 e. The van der Waals surface area contributed by atoms with E-state index in [1.54, 1.807) is 0 Å². The first-order valence-corrected chi connectivity index (χ1v) is 10.7. The highest BCUT2D eigenvalue weighted by molar-refractivity contribution is 7.09. The molecule has 1 aliphatic rings. The van der Waals surface area contributed by atoms with Gasteiger partial charge in [0, 0.05) is 10.9 Å². The van der Waals surface area contributed by atoms with Crippen molar-refractivity contribution in [2.24, 2.45) is 0 Å². The molecule has 0 atom stereocenters. The highest BCUT2D eigenvalue weighted by Crippen LogP contribution is 2.34. The molecular weight excluding hydrogens is 364 g/mol. The number of fused-ring (bicyclic) bond motifs is 3. The van der Waals surface area contributed by atoms with Crippen molar-refractivity contribution < 1.29 is 0 Å². The molecule has 3 aromatic heterocycles. The molecule has 0 aliphatic heterocycles. The summed E-state index contributed by atoms with van der Waals surface area (Å²) in [6.07, 6.45) is 5.01. The van der Waals surface area contributed by atoms with Crippen LogP contribution >= 0.6 is 11.3 Å². The topological polar surface area (TPSA) is 44.3 Å². The van der Waals surface area contributed by atoms with Crippen LogP contribution in [0.25, 0.3) is 16.7 Å². The third-order valence-corrected chi connectivity index (χ3v) is 6.69. The molecular formula is C23H22N4S. The number of rotatable bonds is 4. The Morgan fingerprint density at radius 2 is 2.04 bits per heavy atom. The molecule has 1 aromatic carbocycles. The number of aromatic nitrogens is 2. The molecule has 5 heteroatoms. The van der Waals surface area contributed by atoms with E-state index in [4.69, 9.17) is 4.98 Å². The van der Waals surface area contributed by atoms with Crippen LogP contribution in [0.1, 0.15) is 41.7 Å². The molecule has 5 rings (SSSR count). The standard InChI is InChI=1S/C23H22N4S/c1-16-13-22(26(17-7-2-3-8-17)15-18-9-6-12-28-18)27-21-11-5-4-10-20(21)25-23(27)19(16)14-24/h4-6,9-13,17H,2-3,7-8,15H2,1H3. The minimum Gasteiger partial charge on any atom is -0.350 e. The number of hydrogen-bond donors (Lipinski definition) is 0. The Balaban J connectivity index is 1.78. The molecule has 1 saturated carbocycles. The number of anilines is 1. The van der Waals surface area contributed by atoms with Crippen LogP contribution in [0.2, 0.25) is 0 Å². The molecule has 1 aliphatic carbocycles. The van der Waals surface area contributed by atoms with Crippen LogP contribution in [0.15, 0.2) is 47.8 Å². The summed E-state index contributed by atoms with van der Waals surface area (Å²) in [6, 6.07) is 17.6. The van der Waals surface area contributed by atoms with Crippen molar-refractivity contribution in [3.8, 4) is 6.07 Å². The number of imidazole rings is 1. The van der Waals surface area contributed by atoms with Crippen LogP contribution in [0, 0.1) is 18.3 Å². The number of aryl methyl sites for hydroxylation is 1. The molecule has 28 heavy (non-hydrogen) atoms. The van der Waals surface area contributed by atoms with Gasteiger partial charge in [0.2, 0.25) is 0 Å². The Hall–Kier alpha value is -2.84. The van der Waals surface area contributed by atoms with Gasteiger partial charge in [0.25, 0.3) is 0 Å². The van der Waals surface area contributed by atoms with Gasteiger partial charge in [-0.05, 0) is 55.0 Å². The summed E-state index contributed by atoms with van der Waals surface area (Å²) in [6.45, 7) is 2.93. The lowest BCUT2D eigenvalue weighted by molar-refractivity contribution is 0.598. The van der Waals surface area contributed by atoms with Gasteiger partial charge in [-0.3, -0.25) is 4.40 Å².